The Hall–Kier alpha value is -1.58. The van der Waals surface area contributed by atoms with Crippen LogP contribution in [0.25, 0.3) is 0 Å². The highest BCUT2D eigenvalue weighted by Crippen LogP contribution is 2.39. The number of carbonyl (C=O) groups is 1. The number of benzene rings is 1. The second-order valence-corrected chi connectivity index (χ2v) is 6.35. The summed E-state index contributed by atoms with van der Waals surface area (Å²) in [6.07, 6.45) is 3.05. The van der Waals surface area contributed by atoms with Crippen LogP contribution in [-0.4, -0.2) is 30.5 Å². The second kappa shape index (κ2) is 6.04. The fourth-order valence-corrected chi connectivity index (χ4v) is 2.97. The topological polar surface area (TPSA) is 29.5 Å². The molecule has 3 nitrogen and oxygen atoms in total. The Labute approximate surface area is 125 Å². The van der Waals surface area contributed by atoms with Crippen molar-refractivity contribution < 1.29 is 13.9 Å². The number of hydrogen-bond acceptors (Lipinski definition) is 2. The molecule has 1 heterocycles. The number of carbonyl (C=O) groups excluding carboxylic acids is 1. The molecule has 2 fully saturated rings. The molecule has 1 aromatic carbocycles. The van der Waals surface area contributed by atoms with Gasteiger partial charge in [0.25, 0.3) is 0 Å². The minimum atomic E-state index is -0.247. The van der Waals surface area contributed by atoms with E-state index in [1.54, 1.807) is 12.1 Å². The highest BCUT2D eigenvalue weighted by molar-refractivity contribution is 5.81. The van der Waals surface area contributed by atoms with E-state index in [0.29, 0.717) is 30.1 Å². The average molecular weight is 291 g/mol. The first-order chi connectivity index (χ1) is 10.1. The normalized spacial score (nSPS) is 25.7. The summed E-state index contributed by atoms with van der Waals surface area (Å²) in [4.78, 5) is 14.2. The number of rotatable bonds is 4. The summed E-state index contributed by atoms with van der Waals surface area (Å²) in [5, 5.41) is 0. The molecule has 1 saturated heterocycles. The van der Waals surface area contributed by atoms with E-state index in [9.17, 15) is 9.18 Å². The Morgan fingerprint density at radius 1 is 1.29 bits per heavy atom. The molecule has 1 aromatic rings. The van der Waals surface area contributed by atoms with Crippen LogP contribution in [0.3, 0.4) is 0 Å². The Morgan fingerprint density at radius 3 is 2.48 bits per heavy atom. The first-order valence-corrected chi connectivity index (χ1v) is 7.80. The lowest BCUT2D eigenvalue weighted by atomic mass is 9.97. The van der Waals surface area contributed by atoms with Crippen LogP contribution in [-0.2, 0) is 4.79 Å². The van der Waals surface area contributed by atoms with Gasteiger partial charge in [0.2, 0.25) is 5.91 Å². The van der Waals surface area contributed by atoms with Crippen LogP contribution in [0, 0.1) is 23.6 Å². The van der Waals surface area contributed by atoms with Crippen molar-refractivity contribution in [2.45, 2.75) is 26.2 Å². The van der Waals surface area contributed by atoms with E-state index in [2.05, 4.69) is 6.92 Å². The van der Waals surface area contributed by atoms with Crippen molar-refractivity contribution in [2.75, 3.05) is 19.7 Å². The molecule has 0 N–H and O–H groups in total. The molecule has 2 unspecified atom stereocenters. The molecule has 1 saturated carbocycles. The summed E-state index contributed by atoms with van der Waals surface area (Å²) in [5.41, 5.74) is 0. The summed E-state index contributed by atoms with van der Waals surface area (Å²) in [6, 6.07) is 6.13. The van der Waals surface area contributed by atoms with Gasteiger partial charge >= 0.3 is 0 Å². The van der Waals surface area contributed by atoms with Crippen molar-refractivity contribution in [1.29, 1.82) is 0 Å². The zero-order valence-electron chi connectivity index (χ0n) is 12.4. The predicted octanol–water partition coefficient (Wildman–Crippen LogP) is 3.10. The minimum absolute atomic E-state index is 0.247. The molecule has 4 heteroatoms. The van der Waals surface area contributed by atoms with E-state index in [1.807, 2.05) is 4.90 Å². The van der Waals surface area contributed by atoms with Crippen molar-refractivity contribution in [1.82, 2.24) is 4.90 Å². The van der Waals surface area contributed by atoms with Gasteiger partial charge in [-0.1, -0.05) is 6.92 Å². The summed E-state index contributed by atoms with van der Waals surface area (Å²) in [7, 11) is 0. The standard InChI is InChI=1S/C17H22FNO2/c1-12-10-16(12)17(20)19-8-6-13(7-9-19)11-21-15-4-2-14(18)3-5-15/h2-5,12-13,16H,6-11H2,1H3. The summed E-state index contributed by atoms with van der Waals surface area (Å²) in [6.45, 7) is 4.48. The lowest BCUT2D eigenvalue weighted by Crippen LogP contribution is -2.40. The first kappa shape index (κ1) is 14.4. The van der Waals surface area contributed by atoms with Crippen LogP contribution < -0.4 is 4.74 Å². The molecule has 1 amide bonds. The SMILES string of the molecule is CC1CC1C(=O)N1CCC(COc2ccc(F)cc2)CC1. The molecular formula is C17H22FNO2. The Kier molecular flexibility index (Phi) is 4.13. The smallest absolute Gasteiger partial charge is 0.225 e. The maximum absolute atomic E-state index is 12.8. The summed E-state index contributed by atoms with van der Waals surface area (Å²) < 4.78 is 18.5. The summed E-state index contributed by atoms with van der Waals surface area (Å²) >= 11 is 0. The highest BCUT2D eigenvalue weighted by atomic mass is 19.1. The molecule has 0 bridgehead atoms. The monoisotopic (exact) mass is 291 g/mol. The Morgan fingerprint density at radius 2 is 1.90 bits per heavy atom. The zero-order valence-corrected chi connectivity index (χ0v) is 12.4. The van der Waals surface area contributed by atoms with E-state index in [0.717, 1.165) is 32.4 Å². The second-order valence-electron chi connectivity index (χ2n) is 6.35. The number of halogens is 1. The van der Waals surface area contributed by atoms with Crippen LogP contribution >= 0.6 is 0 Å². The molecule has 0 spiro atoms. The van der Waals surface area contributed by atoms with Crippen LogP contribution in [0.1, 0.15) is 26.2 Å². The van der Waals surface area contributed by atoms with Gasteiger partial charge in [-0.15, -0.1) is 0 Å². The van der Waals surface area contributed by atoms with E-state index < -0.39 is 0 Å². The van der Waals surface area contributed by atoms with E-state index >= 15 is 0 Å². The third-order valence-corrected chi connectivity index (χ3v) is 4.65. The van der Waals surface area contributed by atoms with E-state index in [1.165, 1.54) is 12.1 Å². The minimum Gasteiger partial charge on any atom is -0.493 e. The third-order valence-electron chi connectivity index (χ3n) is 4.65. The van der Waals surface area contributed by atoms with Gasteiger partial charge in [-0.25, -0.2) is 4.39 Å². The van der Waals surface area contributed by atoms with Crippen LogP contribution in [0.15, 0.2) is 24.3 Å². The molecule has 1 aliphatic heterocycles. The molecule has 0 aromatic heterocycles. The Balaban J connectivity index is 1.41. The van der Waals surface area contributed by atoms with Crippen molar-refractivity contribution in [3.05, 3.63) is 30.1 Å². The average Bonchev–Trinajstić information content (AvgIpc) is 3.23. The van der Waals surface area contributed by atoms with Gasteiger partial charge in [0.1, 0.15) is 11.6 Å². The number of likely N-dealkylation sites (tertiary alicyclic amines) is 1. The highest BCUT2D eigenvalue weighted by Gasteiger charge is 2.42. The fourth-order valence-electron chi connectivity index (χ4n) is 2.97. The Bertz CT molecular complexity index is 494. The van der Waals surface area contributed by atoms with Crippen molar-refractivity contribution >= 4 is 5.91 Å². The molecule has 2 aliphatic rings. The largest absolute Gasteiger partial charge is 0.493 e. The molecular weight excluding hydrogens is 269 g/mol. The zero-order chi connectivity index (χ0) is 14.8. The predicted molar refractivity (Wildman–Crippen MR) is 78.5 cm³/mol. The van der Waals surface area contributed by atoms with Gasteiger partial charge < -0.3 is 9.64 Å². The summed E-state index contributed by atoms with van der Waals surface area (Å²) in [5.74, 6) is 2.16. The quantitative estimate of drug-likeness (QED) is 0.853. The molecule has 1 aliphatic carbocycles. The molecule has 0 radical (unpaired) electrons. The molecule has 21 heavy (non-hydrogen) atoms. The van der Waals surface area contributed by atoms with Crippen LogP contribution in [0.4, 0.5) is 4.39 Å². The number of piperidine rings is 1. The lowest BCUT2D eigenvalue weighted by molar-refractivity contribution is -0.134. The van der Waals surface area contributed by atoms with E-state index in [4.69, 9.17) is 4.74 Å². The number of ether oxygens (including phenoxy) is 1. The van der Waals surface area contributed by atoms with Gasteiger partial charge in [-0.2, -0.15) is 0 Å². The van der Waals surface area contributed by atoms with Gasteiger partial charge in [0, 0.05) is 19.0 Å². The van der Waals surface area contributed by atoms with Gasteiger partial charge in [-0.05, 0) is 55.4 Å². The molecule has 2 atom stereocenters. The molecule has 114 valence electrons. The van der Waals surface area contributed by atoms with Crippen LogP contribution in [0.5, 0.6) is 5.75 Å². The van der Waals surface area contributed by atoms with Gasteiger partial charge in [0.15, 0.2) is 0 Å². The maximum atomic E-state index is 12.8. The van der Waals surface area contributed by atoms with Gasteiger partial charge in [0.05, 0.1) is 6.61 Å². The fraction of sp³-hybridized carbons (Fsp3) is 0.588. The first-order valence-electron chi connectivity index (χ1n) is 7.80. The lowest BCUT2D eigenvalue weighted by Gasteiger charge is -2.32. The van der Waals surface area contributed by atoms with E-state index in [-0.39, 0.29) is 11.7 Å². The van der Waals surface area contributed by atoms with Gasteiger partial charge in [-0.3, -0.25) is 4.79 Å². The molecule has 3 rings (SSSR count). The number of hydrogen-bond donors (Lipinski definition) is 0. The maximum Gasteiger partial charge on any atom is 0.225 e. The van der Waals surface area contributed by atoms with Crippen molar-refractivity contribution in [3.63, 3.8) is 0 Å². The number of nitrogens with zero attached hydrogens (tertiary/aromatic N) is 1. The van der Waals surface area contributed by atoms with Crippen LogP contribution in [0.2, 0.25) is 0 Å². The number of amides is 1. The third kappa shape index (κ3) is 3.55. The van der Waals surface area contributed by atoms with Crippen molar-refractivity contribution in [2.24, 2.45) is 17.8 Å². The van der Waals surface area contributed by atoms with Crippen molar-refractivity contribution in [3.8, 4) is 5.75 Å².